The molecule has 28 heavy (non-hydrogen) atoms. The molecule has 0 amide bonds. The van der Waals surface area contributed by atoms with Gasteiger partial charge in [0.25, 0.3) is 0 Å². The second-order valence-electron chi connectivity index (χ2n) is 6.52. The highest BCUT2D eigenvalue weighted by atomic mass is 16.5. The molecule has 0 bridgehead atoms. The van der Waals surface area contributed by atoms with Crippen LogP contribution in [0.2, 0.25) is 0 Å². The lowest BCUT2D eigenvalue weighted by Gasteiger charge is -2.03. The van der Waals surface area contributed by atoms with Gasteiger partial charge in [0, 0.05) is 22.6 Å². The van der Waals surface area contributed by atoms with E-state index in [9.17, 15) is 4.79 Å². The van der Waals surface area contributed by atoms with Crippen molar-refractivity contribution in [1.82, 2.24) is 0 Å². The Morgan fingerprint density at radius 3 is 2.50 bits per heavy atom. The van der Waals surface area contributed by atoms with E-state index in [1.807, 2.05) is 61.5 Å². The number of ether oxygens (including phenoxy) is 1. The quantitative estimate of drug-likeness (QED) is 0.279. The van der Waals surface area contributed by atoms with Gasteiger partial charge in [0.2, 0.25) is 0 Å². The number of carbonyl (C=O) groups is 1. The molecule has 1 aromatic heterocycles. The van der Waals surface area contributed by atoms with Crippen molar-refractivity contribution >= 4 is 22.5 Å². The molecule has 0 unspecified atom stereocenters. The Bertz CT molecular complexity index is 1050. The highest BCUT2D eigenvalue weighted by Crippen LogP contribution is 2.37. The third kappa shape index (κ3) is 4.49. The van der Waals surface area contributed by atoms with Gasteiger partial charge >= 0.3 is 5.97 Å². The van der Waals surface area contributed by atoms with Crippen molar-refractivity contribution in [3.63, 3.8) is 0 Å². The van der Waals surface area contributed by atoms with E-state index >= 15 is 0 Å². The van der Waals surface area contributed by atoms with E-state index in [0.29, 0.717) is 6.61 Å². The standard InChI is InChI=1S/C25H24O3/c1-4-27-23(26)17-18(2)11-10-12-19(3)24-21-15-8-9-16-22(21)28-25(24)20-13-6-5-7-14-20/h5-17H,4H2,1-3H3/b11-10+,18-17+,19-12-. The number of hydrogen-bond acceptors (Lipinski definition) is 3. The summed E-state index contributed by atoms with van der Waals surface area (Å²) in [5, 5.41) is 1.09. The normalized spacial score (nSPS) is 12.7. The number of hydrogen-bond donors (Lipinski definition) is 0. The Kier molecular flexibility index (Phi) is 6.28. The highest BCUT2D eigenvalue weighted by molar-refractivity contribution is 5.97. The van der Waals surface area contributed by atoms with Crippen molar-refractivity contribution in [3.05, 3.63) is 90.0 Å². The van der Waals surface area contributed by atoms with Crippen molar-refractivity contribution in [2.45, 2.75) is 20.8 Å². The molecule has 3 heteroatoms. The van der Waals surface area contributed by atoms with Crippen molar-refractivity contribution in [1.29, 1.82) is 0 Å². The van der Waals surface area contributed by atoms with Crippen molar-refractivity contribution in [2.24, 2.45) is 0 Å². The topological polar surface area (TPSA) is 39.4 Å². The first-order chi connectivity index (χ1) is 13.6. The summed E-state index contributed by atoms with van der Waals surface area (Å²) in [4.78, 5) is 11.5. The van der Waals surface area contributed by atoms with E-state index in [-0.39, 0.29) is 5.97 Å². The number of carbonyl (C=O) groups excluding carboxylic acids is 1. The lowest BCUT2D eigenvalue weighted by Crippen LogP contribution is -1.99. The fourth-order valence-electron chi connectivity index (χ4n) is 3.08. The fourth-order valence-corrected chi connectivity index (χ4v) is 3.08. The van der Waals surface area contributed by atoms with Gasteiger partial charge in [0.05, 0.1) is 6.61 Å². The number of rotatable bonds is 6. The Labute approximate surface area is 165 Å². The minimum absolute atomic E-state index is 0.322. The first kappa shape index (κ1) is 19.4. The van der Waals surface area contributed by atoms with E-state index in [4.69, 9.17) is 9.15 Å². The lowest BCUT2D eigenvalue weighted by atomic mass is 9.99. The Balaban J connectivity index is 1.97. The van der Waals surface area contributed by atoms with Gasteiger partial charge in [0.1, 0.15) is 11.3 Å². The largest absolute Gasteiger partial charge is 0.463 e. The van der Waals surface area contributed by atoms with Crippen LogP contribution in [0.15, 0.2) is 88.9 Å². The molecule has 0 aliphatic heterocycles. The first-order valence-electron chi connectivity index (χ1n) is 9.37. The zero-order valence-corrected chi connectivity index (χ0v) is 16.4. The van der Waals surface area contributed by atoms with Crippen molar-refractivity contribution < 1.29 is 13.9 Å². The van der Waals surface area contributed by atoms with Crippen molar-refractivity contribution in [3.8, 4) is 11.3 Å². The molecule has 142 valence electrons. The molecular weight excluding hydrogens is 348 g/mol. The summed E-state index contributed by atoms with van der Waals surface area (Å²) in [6.07, 6.45) is 7.36. The van der Waals surface area contributed by atoms with Crippen LogP contribution in [0.1, 0.15) is 26.3 Å². The molecule has 0 aliphatic carbocycles. The second kappa shape index (κ2) is 9.05. The molecule has 0 atom stereocenters. The van der Waals surface area contributed by atoms with Gasteiger partial charge < -0.3 is 9.15 Å². The minimum Gasteiger partial charge on any atom is -0.463 e. The summed E-state index contributed by atoms with van der Waals surface area (Å²) in [5.74, 6) is 0.542. The van der Waals surface area contributed by atoms with Crippen LogP contribution in [0.5, 0.6) is 0 Å². The molecular formula is C25H24O3. The first-order valence-corrected chi connectivity index (χ1v) is 9.37. The minimum atomic E-state index is -0.322. The maximum Gasteiger partial charge on any atom is 0.330 e. The Hall–Kier alpha value is -3.33. The van der Waals surface area contributed by atoms with Gasteiger partial charge in [-0.15, -0.1) is 0 Å². The molecule has 1 heterocycles. The fraction of sp³-hybridized carbons (Fsp3) is 0.160. The number of benzene rings is 2. The SMILES string of the molecule is CCOC(=O)/C=C(C)/C=C/C=C(/C)c1c(-c2ccccc2)oc2ccccc12. The molecule has 3 aromatic rings. The van der Waals surface area contributed by atoms with Gasteiger partial charge in [-0.05, 0) is 38.0 Å². The Morgan fingerprint density at radius 2 is 1.75 bits per heavy atom. The highest BCUT2D eigenvalue weighted by Gasteiger charge is 2.16. The molecule has 0 aliphatic rings. The van der Waals surface area contributed by atoms with Crippen LogP contribution in [0.25, 0.3) is 27.9 Å². The van der Waals surface area contributed by atoms with E-state index in [0.717, 1.165) is 39.0 Å². The summed E-state index contributed by atoms with van der Waals surface area (Å²) in [5.41, 5.74) is 4.92. The maximum absolute atomic E-state index is 11.5. The van der Waals surface area contributed by atoms with E-state index in [1.165, 1.54) is 6.08 Å². The third-order valence-corrected chi connectivity index (χ3v) is 4.36. The van der Waals surface area contributed by atoms with Crippen molar-refractivity contribution in [2.75, 3.05) is 6.61 Å². The second-order valence-corrected chi connectivity index (χ2v) is 6.52. The summed E-state index contributed by atoms with van der Waals surface area (Å²) in [7, 11) is 0. The lowest BCUT2D eigenvalue weighted by molar-refractivity contribution is -0.137. The van der Waals surface area contributed by atoms with Crippen LogP contribution < -0.4 is 0 Å². The average Bonchev–Trinajstić information content (AvgIpc) is 3.08. The van der Waals surface area contributed by atoms with Crippen LogP contribution in [0.3, 0.4) is 0 Å². The molecule has 0 N–H and O–H groups in total. The maximum atomic E-state index is 11.5. The monoisotopic (exact) mass is 372 g/mol. The predicted molar refractivity (Wildman–Crippen MR) is 115 cm³/mol. The van der Waals surface area contributed by atoms with Gasteiger partial charge in [-0.2, -0.15) is 0 Å². The molecule has 2 aromatic carbocycles. The van der Waals surface area contributed by atoms with Crippen LogP contribution in [-0.2, 0) is 9.53 Å². The van der Waals surface area contributed by atoms with Gasteiger partial charge in [-0.3, -0.25) is 0 Å². The van der Waals surface area contributed by atoms with Crippen LogP contribution in [0.4, 0.5) is 0 Å². The predicted octanol–water partition coefficient (Wildman–Crippen LogP) is 6.57. The third-order valence-electron chi connectivity index (χ3n) is 4.36. The number of allylic oxidation sites excluding steroid dienone is 5. The number of para-hydroxylation sites is 1. The number of esters is 1. The van der Waals surface area contributed by atoms with Gasteiger partial charge in [-0.25, -0.2) is 4.79 Å². The molecule has 3 nitrogen and oxygen atoms in total. The molecule has 0 fully saturated rings. The Morgan fingerprint density at radius 1 is 1.04 bits per heavy atom. The summed E-state index contributed by atoms with van der Waals surface area (Å²) >= 11 is 0. The molecule has 3 rings (SSSR count). The zero-order valence-electron chi connectivity index (χ0n) is 16.4. The molecule has 0 spiro atoms. The van der Waals surface area contributed by atoms with E-state index < -0.39 is 0 Å². The van der Waals surface area contributed by atoms with E-state index in [2.05, 4.69) is 25.1 Å². The molecule has 0 saturated carbocycles. The molecule has 0 radical (unpaired) electrons. The average molecular weight is 372 g/mol. The van der Waals surface area contributed by atoms with Crippen LogP contribution in [-0.4, -0.2) is 12.6 Å². The number of fused-ring (bicyclic) bond motifs is 1. The zero-order chi connectivity index (χ0) is 19.9. The van der Waals surface area contributed by atoms with Crippen LogP contribution >= 0.6 is 0 Å². The number of furan rings is 1. The van der Waals surface area contributed by atoms with E-state index in [1.54, 1.807) is 6.92 Å². The van der Waals surface area contributed by atoms with Crippen LogP contribution in [0, 0.1) is 0 Å². The summed E-state index contributed by atoms with van der Waals surface area (Å²) < 4.78 is 11.1. The smallest absolute Gasteiger partial charge is 0.330 e. The van der Waals surface area contributed by atoms with Gasteiger partial charge in [0.15, 0.2) is 0 Å². The summed E-state index contributed by atoms with van der Waals surface area (Å²) in [6.45, 7) is 6.11. The summed E-state index contributed by atoms with van der Waals surface area (Å²) in [6, 6.07) is 18.2. The molecule has 0 saturated heterocycles. The van der Waals surface area contributed by atoms with Gasteiger partial charge in [-0.1, -0.05) is 66.8 Å².